The van der Waals surface area contributed by atoms with Crippen molar-refractivity contribution in [2.45, 2.75) is 51.5 Å². The quantitative estimate of drug-likeness (QED) is 0.164. The first-order valence-corrected chi connectivity index (χ1v) is 15.6. The van der Waals surface area contributed by atoms with E-state index in [9.17, 15) is 14.4 Å². The molecular weight excluding hydrogens is 578 g/mol. The number of hydrogen-bond donors (Lipinski definition) is 1. The number of amides is 3. The highest BCUT2D eigenvalue weighted by Crippen LogP contribution is 2.19. The van der Waals surface area contributed by atoms with Crippen molar-refractivity contribution in [3.05, 3.63) is 138 Å². The van der Waals surface area contributed by atoms with E-state index < -0.39 is 18.2 Å². The lowest BCUT2D eigenvalue weighted by molar-refractivity contribution is -0.141. The van der Waals surface area contributed by atoms with Crippen molar-refractivity contribution in [3.8, 4) is 5.75 Å². The molecule has 3 amide bonds. The zero-order chi connectivity index (χ0) is 32.7. The summed E-state index contributed by atoms with van der Waals surface area (Å²) in [6, 6.07) is 35.2. The zero-order valence-electron chi connectivity index (χ0n) is 26.8. The summed E-state index contributed by atoms with van der Waals surface area (Å²) in [4.78, 5) is 42.8. The molecule has 0 aromatic heterocycles. The van der Waals surface area contributed by atoms with E-state index in [-0.39, 0.29) is 24.8 Å². The standard InChI is InChI=1S/C38H43N3O5/c1-29(36(42)39-25-13-20-30-14-7-4-8-15-30)40(2)37(43)35(41(3)38(44)46-28-33-18-11-6-12-19-33)26-31-21-23-34(24-22-31)45-27-32-16-9-5-10-17-32/h4-12,14-19,21-24,29,35H,13,20,25-28H2,1-3H3,(H,39,42)/t29-,35+/m1/s1. The van der Waals surface area contributed by atoms with Gasteiger partial charge in [0.1, 0.15) is 31.0 Å². The first-order valence-electron chi connectivity index (χ1n) is 15.6. The summed E-state index contributed by atoms with van der Waals surface area (Å²) in [6.45, 7) is 2.70. The topological polar surface area (TPSA) is 88.2 Å². The first kappa shape index (κ1) is 33.8. The van der Waals surface area contributed by atoms with Crippen LogP contribution in [0.25, 0.3) is 0 Å². The lowest BCUT2D eigenvalue weighted by Crippen LogP contribution is -2.54. The summed E-state index contributed by atoms with van der Waals surface area (Å²) in [5, 5.41) is 2.95. The maximum Gasteiger partial charge on any atom is 0.410 e. The third kappa shape index (κ3) is 10.2. The van der Waals surface area contributed by atoms with Gasteiger partial charge >= 0.3 is 6.09 Å². The Morgan fingerprint density at radius 2 is 1.22 bits per heavy atom. The van der Waals surface area contributed by atoms with Gasteiger partial charge in [-0.3, -0.25) is 14.5 Å². The largest absolute Gasteiger partial charge is 0.489 e. The molecule has 8 nitrogen and oxygen atoms in total. The molecule has 4 aromatic carbocycles. The van der Waals surface area contributed by atoms with E-state index in [4.69, 9.17) is 9.47 Å². The van der Waals surface area contributed by atoms with Crippen LogP contribution in [0.3, 0.4) is 0 Å². The van der Waals surface area contributed by atoms with Gasteiger partial charge in [-0.2, -0.15) is 0 Å². The number of benzene rings is 4. The number of aryl methyl sites for hydroxylation is 1. The van der Waals surface area contributed by atoms with Gasteiger partial charge in [-0.05, 0) is 54.2 Å². The van der Waals surface area contributed by atoms with Crippen LogP contribution in [0.2, 0.25) is 0 Å². The van der Waals surface area contributed by atoms with Crippen LogP contribution < -0.4 is 10.1 Å². The van der Waals surface area contributed by atoms with E-state index >= 15 is 0 Å². The van der Waals surface area contributed by atoms with Gasteiger partial charge in [0.2, 0.25) is 11.8 Å². The highest BCUT2D eigenvalue weighted by molar-refractivity contribution is 5.91. The molecule has 8 heteroatoms. The SMILES string of the molecule is C[C@H](C(=O)NCCCc1ccccc1)N(C)C(=O)[C@H](Cc1ccc(OCc2ccccc2)cc1)N(C)C(=O)OCc1ccccc1. The van der Waals surface area contributed by atoms with Crippen LogP contribution in [0.1, 0.15) is 35.6 Å². The van der Waals surface area contributed by atoms with Crippen molar-refractivity contribution in [2.75, 3.05) is 20.6 Å². The van der Waals surface area contributed by atoms with Crippen molar-refractivity contribution in [1.29, 1.82) is 0 Å². The number of ether oxygens (including phenoxy) is 2. The molecule has 0 aliphatic carbocycles. The molecule has 0 unspecified atom stereocenters. The third-order valence-corrected chi connectivity index (χ3v) is 7.94. The second kappa shape index (κ2) is 17.4. The summed E-state index contributed by atoms with van der Waals surface area (Å²) in [5.74, 6) is 0.0770. The van der Waals surface area contributed by atoms with Gasteiger partial charge < -0.3 is 19.7 Å². The Bertz CT molecular complexity index is 1510. The summed E-state index contributed by atoms with van der Waals surface area (Å²) in [6.07, 6.45) is 1.23. The molecule has 0 saturated carbocycles. The van der Waals surface area contributed by atoms with E-state index in [1.807, 2.05) is 103 Å². The van der Waals surface area contributed by atoms with E-state index in [1.165, 1.54) is 15.4 Å². The Kier molecular flexibility index (Phi) is 12.8. The Labute approximate surface area is 271 Å². The van der Waals surface area contributed by atoms with Crippen LogP contribution >= 0.6 is 0 Å². The molecule has 4 aromatic rings. The molecule has 0 saturated heterocycles. The van der Waals surface area contributed by atoms with Crippen LogP contribution in [0, 0.1) is 0 Å². The summed E-state index contributed by atoms with van der Waals surface area (Å²) >= 11 is 0. The van der Waals surface area contributed by atoms with Gasteiger partial charge in [-0.25, -0.2) is 4.79 Å². The molecule has 240 valence electrons. The second-order valence-electron chi connectivity index (χ2n) is 11.3. The number of hydrogen-bond acceptors (Lipinski definition) is 5. The number of carbonyl (C=O) groups excluding carboxylic acids is 3. The van der Waals surface area contributed by atoms with Crippen LogP contribution in [-0.4, -0.2) is 60.4 Å². The van der Waals surface area contributed by atoms with Gasteiger partial charge in [0.05, 0.1) is 0 Å². The predicted molar refractivity (Wildman–Crippen MR) is 179 cm³/mol. The maximum absolute atomic E-state index is 13.9. The van der Waals surface area contributed by atoms with Gasteiger partial charge in [-0.15, -0.1) is 0 Å². The number of rotatable bonds is 15. The molecule has 0 heterocycles. The third-order valence-electron chi connectivity index (χ3n) is 7.94. The minimum atomic E-state index is -0.905. The molecule has 0 aliphatic rings. The number of nitrogens with one attached hydrogen (secondary N) is 1. The van der Waals surface area contributed by atoms with Gasteiger partial charge in [0.15, 0.2) is 0 Å². The Morgan fingerprint density at radius 1 is 0.674 bits per heavy atom. The summed E-state index contributed by atoms with van der Waals surface area (Å²) in [7, 11) is 3.14. The van der Waals surface area contributed by atoms with Crippen molar-refractivity contribution in [1.82, 2.24) is 15.1 Å². The van der Waals surface area contributed by atoms with E-state index in [2.05, 4.69) is 17.4 Å². The molecule has 4 rings (SSSR count). The van der Waals surface area contributed by atoms with E-state index in [0.717, 1.165) is 29.5 Å². The highest BCUT2D eigenvalue weighted by atomic mass is 16.6. The van der Waals surface area contributed by atoms with Crippen LogP contribution in [0.4, 0.5) is 4.79 Å². The summed E-state index contributed by atoms with van der Waals surface area (Å²) in [5.41, 5.74) is 3.94. The average Bonchev–Trinajstić information content (AvgIpc) is 3.11. The first-order chi connectivity index (χ1) is 22.3. The number of carbonyl (C=O) groups is 3. The maximum atomic E-state index is 13.9. The van der Waals surface area contributed by atoms with Crippen LogP contribution in [-0.2, 0) is 40.4 Å². The molecule has 46 heavy (non-hydrogen) atoms. The molecule has 0 fully saturated rings. The van der Waals surface area contributed by atoms with Gasteiger partial charge in [-0.1, -0.05) is 103 Å². The predicted octanol–water partition coefficient (Wildman–Crippen LogP) is 6.04. The van der Waals surface area contributed by atoms with Crippen molar-refractivity contribution >= 4 is 17.9 Å². The Hall–Kier alpha value is -5.11. The van der Waals surface area contributed by atoms with Crippen molar-refractivity contribution < 1.29 is 23.9 Å². The van der Waals surface area contributed by atoms with Crippen molar-refractivity contribution in [2.24, 2.45) is 0 Å². The molecule has 2 atom stereocenters. The highest BCUT2D eigenvalue weighted by Gasteiger charge is 2.34. The zero-order valence-corrected chi connectivity index (χ0v) is 26.8. The van der Waals surface area contributed by atoms with Gasteiger partial charge in [0, 0.05) is 27.1 Å². The second-order valence-corrected chi connectivity index (χ2v) is 11.3. The van der Waals surface area contributed by atoms with E-state index in [0.29, 0.717) is 18.9 Å². The molecule has 0 bridgehead atoms. The fourth-order valence-electron chi connectivity index (χ4n) is 4.92. The smallest absolute Gasteiger partial charge is 0.410 e. The van der Waals surface area contributed by atoms with Gasteiger partial charge in [0.25, 0.3) is 0 Å². The Morgan fingerprint density at radius 3 is 1.80 bits per heavy atom. The molecule has 1 N–H and O–H groups in total. The number of nitrogens with zero attached hydrogens (tertiary/aromatic N) is 2. The van der Waals surface area contributed by atoms with Crippen molar-refractivity contribution in [3.63, 3.8) is 0 Å². The lowest BCUT2D eigenvalue weighted by Gasteiger charge is -2.33. The van der Waals surface area contributed by atoms with E-state index in [1.54, 1.807) is 21.0 Å². The molecule has 0 spiro atoms. The fourth-order valence-corrected chi connectivity index (χ4v) is 4.92. The molecular formula is C38H43N3O5. The minimum absolute atomic E-state index is 0.0794. The Balaban J connectivity index is 1.40. The summed E-state index contributed by atoms with van der Waals surface area (Å²) < 4.78 is 11.5. The number of likely N-dealkylation sites (N-methyl/N-ethyl adjacent to an activating group) is 2. The average molecular weight is 622 g/mol. The van der Waals surface area contributed by atoms with Crippen LogP contribution in [0.15, 0.2) is 115 Å². The van der Waals surface area contributed by atoms with Crippen LogP contribution in [0.5, 0.6) is 5.75 Å². The molecule has 0 radical (unpaired) electrons. The fraction of sp³-hybridized carbons (Fsp3) is 0.289. The monoisotopic (exact) mass is 621 g/mol. The minimum Gasteiger partial charge on any atom is -0.489 e. The molecule has 0 aliphatic heterocycles. The lowest BCUT2D eigenvalue weighted by atomic mass is 10.0. The normalized spacial score (nSPS) is 12.0.